The predicted octanol–water partition coefficient (Wildman–Crippen LogP) is 3.61. The number of benzene rings is 2. The molecule has 2 rings (SSSR count). The third-order valence-corrected chi connectivity index (χ3v) is 3.34. The van der Waals surface area contributed by atoms with Crippen LogP contribution in [0.5, 0.6) is 17.2 Å². The lowest BCUT2D eigenvalue weighted by Crippen LogP contribution is -2.05. The first-order valence-corrected chi connectivity index (χ1v) is 7.28. The minimum absolute atomic E-state index is 0.207. The van der Waals surface area contributed by atoms with Gasteiger partial charge in [0.25, 0.3) is 0 Å². The Bertz CT molecular complexity index is 680. The molecule has 0 aromatic heterocycles. The van der Waals surface area contributed by atoms with Crippen molar-refractivity contribution in [2.75, 3.05) is 0 Å². The average Bonchev–Trinajstić information content (AvgIpc) is 2.49. The van der Waals surface area contributed by atoms with Crippen molar-refractivity contribution in [2.45, 2.75) is 5.33 Å². The van der Waals surface area contributed by atoms with E-state index in [2.05, 4.69) is 15.9 Å². The number of aromatic hydroxyl groups is 2. The average molecular weight is 349 g/mol. The molecule has 0 unspecified atom stereocenters. The number of para-hydroxylation sites is 1. The third-order valence-electron chi connectivity index (χ3n) is 2.74. The van der Waals surface area contributed by atoms with Crippen molar-refractivity contribution in [3.8, 4) is 17.2 Å². The zero-order valence-corrected chi connectivity index (χ0v) is 12.6. The molecule has 0 aliphatic rings. The first-order chi connectivity index (χ1) is 10.1. The Morgan fingerprint density at radius 2 is 1.90 bits per heavy atom. The van der Waals surface area contributed by atoms with Crippen molar-refractivity contribution in [1.29, 1.82) is 0 Å². The second kappa shape index (κ2) is 6.95. The number of esters is 1. The van der Waals surface area contributed by atoms with Gasteiger partial charge in [-0.25, -0.2) is 4.79 Å². The highest BCUT2D eigenvalue weighted by molar-refractivity contribution is 9.08. The number of carbonyl (C=O) groups is 1. The number of hydrogen-bond donors (Lipinski definition) is 2. The van der Waals surface area contributed by atoms with E-state index in [1.54, 1.807) is 18.2 Å². The van der Waals surface area contributed by atoms with Crippen molar-refractivity contribution < 1.29 is 19.7 Å². The van der Waals surface area contributed by atoms with Gasteiger partial charge in [0.05, 0.1) is 0 Å². The summed E-state index contributed by atoms with van der Waals surface area (Å²) in [5.74, 6) is -0.468. The van der Waals surface area contributed by atoms with Gasteiger partial charge >= 0.3 is 5.97 Å². The maximum absolute atomic E-state index is 11.8. The van der Waals surface area contributed by atoms with Crippen LogP contribution in [0.1, 0.15) is 11.1 Å². The first kappa shape index (κ1) is 15.1. The third kappa shape index (κ3) is 4.10. The summed E-state index contributed by atoms with van der Waals surface area (Å²) >= 11 is 3.33. The highest BCUT2D eigenvalue weighted by Gasteiger charge is 2.05. The topological polar surface area (TPSA) is 66.8 Å². The van der Waals surface area contributed by atoms with Crippen LogP contribution in [0.2, 0.25) is 0 Å². The van der Waals surface area contributed by atoms with Crippen molar-refractivity contribution in [2.24, 2.45) is 0 Å². The van der Waals surface area contributed by atoms with E-state index in [1.807, 2.05) is 12.1 Å². The van der Waals surface area contributed by atoms with E-state index >= 15 is 0 Å². The van der Waals surface area contributed by atoms with Crippen LogP contribution >= 0.6 is 15.9 Å². The Kier molecular flexibility index (Phi) is 5.00. The molecule has 0 heterocycles. The summed E-state index contributed by atoms with van der Waals surface area (Å²) in [5.41, 5.74) is 1.46. The van der Waals surface area contributed by atoms with Gasteiger partial charge in [-0.2, -0.15) is 0 Å². The van der Waals surface area contributed by atoms with Crippen LogP contribution in [0, 0.1) is 0 Å². The van der Waals surface area contributed by atoms with Gasteiger partial charge in [0, 0.05) is 17.0 Å². The Morgan fingerprint density at radius 3 is 2.62 bits per heavy atom. The van der Waals surface area contributed by atoms with Gasteiger partial charge in [-0.3, -0.25) is 0 Å². The Labute approximate surface area is 130 Å². The summed E-state index contributed by atoms with van der Waals surface area (Å²) in [6.45, 7) is 0. The molecule has 5 heteroatoms. The molecule has 0 aliphatic heterocycles. The van der Waals surface area contributed by atoms with Gasteiger partial charge in [-0.15, -0.1) is 0 Å². The molecule has 0 radical (unpaired) electrons. The molecule has 0 amide bonds. The number of alkyl halides is 1. The standard InChI is InChI=1S/C16H13BrO4/c17-10-12-3-1-2-4-15(12)21-16(20)8-6-11-5-7-13(18)14(19)9-11/h1-9,18-19H,10H2. The van der Waals surface area contributed by atoms with Crippen LogP contribution in [-0.2, 0) is 10.1 Å². The Balaban J connectivity index is 2.07. The van der Waals surface area contributed by atoms with E-state index < -0.39 is 5.97 Å². The number of hydrogen-bond acceptors (Lipinski definition) is 4. The first-order valence-electron chi connectivity index (χ1n) is 6.16. The maximum Gasteiger partial charge on any atom is 0.336 e. The van der Waals surface area contributed by atoms with Gasteiger partial charge in [-0.05, 0) is 29.8 Å². The molecule has 0 aliphatic carbocycles. The fourth-order valence-corrected chi connectivity index (χ4v) is 2.13. The smallest absolute Gasteiger partial charge is 0.336 e. The molecule has 2 N–H and O–H groups in total. The molecule has 0 saturated heterocycles. The zero-order chi connectivity index (χ0) is 15.2. The van der Waals surface area contributed by atoms with Crippen LogP contribution in [0.3, 0.4) is 0 Å². The van der Waals surface area contributed by atoms with Crippen LogP contribution in [0.15, 0.2) is 48.5 Å². The lowest BCUT2D eigenvalue weighted by atomic mass is 10.2. The summed E-state index contributed by atoms with van der Waals surface area (Å²) in [5, 5.41) is 19.2. The Morgan fingerprint density at radius 1 is 1.14 bits per heavy atom. The van der Waals surface area contributed by atoms with E-state index in [0.29, 0.717) is 16.6 Å². The molecule has 0 saturated carbocycles. The van der Waals surface area contributed by atoms with Gasteiger partial charge in [-0.1, -0.05) is 40.2 Å². The molecule has 0 atom stereocenters. The highest BCUT2D eigenvalue weighted by Crippen LogP contribution is 2.25. The van der Waals surface area contributed by atoms with Crippen molar-refractivity contribution >= 4 is 28.0 Å². The van der Waals surface area contributed by atoms with E-state index in [1.165, 1.54) is 24.3 Å². The molecular formula is C16H13BrO4. The number of ether oxygens (including phenoxy) is 1. The molecule has 2 aromatic rings. The molecule has 108 valence electrons. The highest BCUT2D eigenvalue weighted by atomic mass is 79.9. The van der Waals surface area contributed by atoms with Crippen molar-refractivity contribution in [3.63, 3.8) is 0 Å². The van der Waals surface area contributed by atoms with Gasteiger partial charge < -0.3 is 14.9 Å². The fourth-order valence-electron chi connectivity index (χ4n) is 1.66. The van der Waals surface area contributed by atoms with E-state index in [-0.39, 0.29) is 11.5 Å². The summed E-state index contributed by atoms with van der Waals surface area (Å²) < 4.78 is 5.24. The molecule has 0 fully saturated rings. The second-order valence-electron chi connectivity index (χ2n) is 4.24. The molecule has 0 spiro atoms. The number of carbonyl (C=O) groups excluding carboxylic acids is 1. The van der Waals surface area contributed by atoms with Crippen molar-refractivity contribution in [3.05, 3.63) is 59.7 Å². The minimum Gasteiger partial charge on any atom is -0.504 e. The number of halogens is 1. The quantitative estimate of drug-likeness (QED) is 0.291. The van der Waals surface area contributed by atoms with Gasteiger partial charge in [0.2, 0.25) is 0 Å². The number of phenols is 2. The van der Waals surface area contributed by atoms with E-state index in [4.69, 9.17) is 4.74 Å². The molecule has 21 heavy (non-hydrogen) atoms. The fraction of sp³-hybridized carbons (Fsp3) is 0.0625. The Hall–Kier alpha value is -2.27. The normalized spacial score (nSPS) is 10.7. The van der Waals surface area contributed by atoms with Crippen LogP contribution < -0.4 is 4.74 Å². The summed E-state index contributed by atoms with van der Waals surface area (Å²) in [7, 11) is 0. The second-order valence-corrected chi connectivity index (χ2v) is 4.80. The van der Waals surface area contributed by atoms with Gasteiger partial charge in [0.15, 0.2) is 11.5 Å². The zero-order valence-electron chi connectivity index (χ0n) is 11.0. The predicted molar refractivity (Wildman–Crippen MR) is 83.5 cm³/mol. The summed E-state index contributed by atoms with van der Waals surface area (Å²) in [4.78, 5) is 11.8. The number of rotatable bonds is 4. The number of phenolic OH excluding ortho intramolecular Hbond substituents is 2. The van der Waals surface area contributed by atoms with Gasteiger partial charge in [0.1, 0.15) is 5.75 Å². The molecule has 4 nitrogen and oxygen atoms in total. The lowest BCUT2D eigenvalue weighted by Gasteiger charge is -2.05. The van der Waals surface area contributed by atoms with Crippen LogP contribution in [-0.4, -0.2) is 16.2 Å². The van der Waals surface area contributed by atoms with Crippen molar-refractivity contribution in [1.82, 2.24) is 0 Å². The maximum atomic E-state index is 11.8. The monoisotopic (exact) mass is 348 g/mol. The summed E-state index contributed by atoms with van der Waals surface area (Å²) in [6.07, 6.45) is 2.76. The molecular weight excluding hydrogens is 336 g/mol. The SMILES string of the molecule is O=C(C=Cc1ccc(O)c(O)c1)Oc1ccccc1CBr. The van der Waals surface area contributed by atoms with E-state index in [9.17, 15) is 15.0 Å². The largest absolute Gasteiger partial charge is 0.504 e. The molecule has 2 aromatic carbocycles. The van der Waals surface area contributed by atoms with Crippen LogP contribution in [0.25, 0.3) is 6.08 Å². The van der Waals surface area contributed by atoms with Crippen LogP contribution in [0.4, 0.5) is 0 Å². The summed E-state index contributed by atoms with van der Waals surface area (Å²) in [6, 6.07) is 11.5. The molecule has 0 bridgehead atoms. The lowest BCUT2D eigenvalue weighted by molar-refractivity contribution is -0.128. The minimum atomic E-state index is -0.518. The van der Waals surface area contributed by atoms with E-state index in [0.717, 1.165) is 5.56 Å².